The highest BCUT2D eigenvalue weighted by molar-refractivity contribution is 5.45. The van der Waals surface area contributed by atoms with Gasteiger partial charge in [0.2, 0.25) is 0 Å². The van der Waals surface area contributed by atoms with Crippen LogP contribution in [0, 0.1) is 11.3 Å². The molecule has 0 saturated carbocycles. The molecule has 1 rings (SSSR count). The van der Waals surface area contributed by atoms with Crippen LogP contribution in [0.3, 0.4) is 0 Å². The lowest BCUT2D eigenvalue weighted by atomic mass is 10.2. The summed E-state index contributed by atoms with van der Waals surface area (Å²) in [5.74, 6) is 0. The Balaban J connectivity index is 2.46. The third-order valence-corrected chi connectivity index (χ3v) is 2.70. The first kappa shape index (κ1) is 13.5. The smallest absolute Gasteiger partial charge is 0.0640 e. The minimum Gasteiger partial charge on any atom is -0.396 e. The topological polar surface area (TPSA) is 47.3 Å². The highest BCUT2D eigenvalue weighted by Crippen LogP contribution is 2.14. The maximum atomic E-state index is 8.73. The number of nitriles is 1. The second-order valence-corrected chi connectivity index (χ2v) is 4.01. The van der Waals surface area contributed by atoms with Gasteiger partial charge in [-0.25, -0.2) is 0 Å². The number of anilines is 1. The van der Waals surface area contributed by atoms with Crippen molar-refractivity contribution in [1.29, 1.82) is 5.26 Å². The standard InChI is InChI=1S/C14H20N2O/c15-10-7-12-16(11-5-2-6-13-17)14-8-3-1-4-9-14/h1,3-4,8-9,17H,2,5-7,11-13H2. The Hall–Kier alpha value is -1.53. The summed E-state index contributed by atoms with van der Waals surface area (Å²) >= 11 is 0. The zero-order valence-electron chi connectivity index (χ0n) is 10.2. The molecule has 3 heteroatoms. The molecule has 0 bridgehead atoms. The van der Waals surface area contributed by atoms with E-state index >= 15 is 0 Å². The van der Waals surface area contributed by atoms with Gasteiger partial charge in [-0.05, 0) is 31.4 Å². The largest absolute Gasteiger partial charge is 0.396 e. The molecule has 0 atom stereocenters. The average Bonchev–Trinajstić information content (AvgIpc) is 2.39. The third-order valence-electron chi connectivity index (χ3n) is 2.70. The van der Waals surface area contributed by atoms with Crippen LogP contribution < -0.4 is 4.90 Å². The van der Waals surface area contributed by atoms with Crippen molar-refractivity contribution in [2.75, 3.05) is 24.6 Å². The summed E-state index contributed by atoms with van der Waals surface area (Å²) in [5, 5.41) is 17.4. The lowest BCUT2D eigenvalue weighted by molar-refractivity contribution is 0.283. The number of para-hydroxylation sites is 1. The molecular weight excluding hydrogens is 212 g/mol. The zero-order chi connectivity index (χ0) is 12.3. The molecule has 0 heterocycles. The lowest BCUT2D eigenvalue weighted by Gasteiger charge is -2.23. The second kappa shape index (κ2) is 8.60. The molecule has 1 aromatic rings. The maximum Gasteiger partial charge on any atom is 0.0640 e. The summed E-state index contributed by atoms with van der Waals surface area (Å²) in [6.07, 6.45) is 3.50. The fourth-order valence-corrected chi connectivity index (χ4v) is 1.79. The van der Waals surface area contributed by atoms with Crippen molar-refractivity contribution in [3.63, 3.8) is 0 Å². The van der Waals surface area contributed by atoms with E-state index in [0.717, 1.165) is 32.4 Å². The summed E-state index contributed by atoms with van der Waals surface area (Å²) in [6, 6.07) is 12.4. The predicted octanol–water partition coefficient (Wildman–Crippen LogP) is 2.57. The summed E-state index contributed by atoms with van der Waals surface area (Å²) in [7, 11) is 0. The molecule has 92 valence electrons. The molecule has 1 N–H and O–H groups in total. The first-order valence-corrected chi connectivity index (χ1v) is 6.16. The van der Waals surface area contributed by atoms with Crippen LogP contribution in [0.4, 0.5) is 5.69 Å². The Morgan fingerprint density at radius 3 is 2.47 bits per heavy atom. The van der Waals surface area contributed by atoms with Gasteiger partial charge in [0.05, 0.1) is 12.5 Å². The molecule has 0 spiro atoms. The van der Waals surface area contributed by atoms with Crippen molar-refractivity contribution in [3.8, 4) is 6.07 Å². The highest BCUT2D eigenvalue weighted by Gasteiger charge is 2.04. The number of aliphatic hydroxyl groups excluding tert-OH is 1. The monoisotopic (exact) mass is 232 g/mol. The van der Waals surface area contributed by atoms with E-state index in [1.807, 2.05) is 18.2 Å². The number of unbranched alkanes of at least 4 members (excludes halogenated alkanes) is 2. The van der Waals surface area contributed by atoms with Crippen LogP contribution in [-0.2, 0) is 0 Å². The van der Waals surface area contributed by atoms with E-state index in [2.05, 4.69) is 23.1 Å². The van der Waals surface area contributed by atoms with Crippen LogP contribution in [0.2, 0.25) is 0 Å². The van der Waals surface area contributed by atoms with Gasteiger partial charge >= 0.3 is 0 Å². The fraction of sp³-hybridized carbons (Fsp3) is 0.500. The van der Waals surface area contributed by atoms with Crippen molar-refractivity contribution >= 4 is 5.69 Å². The lowest BCUT2D eigenvalue weighted by Crippen LogP contribution is -2.25. The number of hydrogen-bond donors (Lipinski definition) is 1. The zero-order valence-corrected chi connectivity index (χ0v) is 10.2. The first-order chi connectivity index (χ1) is 8.38. The first-order valence-electron chi connectivity index (χ1n) is 6.16. The molecule has 0 aromatic heterocycles. The van der Waals surface area contributed by atoms with E-state index in [4.69, 9.17) is 10.4 Å². The van der Waals surface area contributed by atoms with Gasteiger partial charge in [0.15, 0.2) is 0 Å². The SMILES string of the molecule is N#CCCN(CCCCCO)c1ccccc1. The van der Waals surface area contributed by atoms with Gasteiger partial charge in [0, 0.05) is 25.4 Å². The Morgan fingerprint density at radius 2 is 1.82 bits per heavy atom. The van der Waals surface area contributed by atoms with E-state index in [-0.39, 0.29) is 6.61 Å². The van der Waals surface area contributed by atoms with Crippen molar-refractivity contribution in [2.24, 2.45) is 0 Å². The molecule has 0 fully saturated rings. The van der Waals surface area contributed by atoms with Crippen molar-refractivity contribution in [1.82, 2.24) is 0 Å². The Bertz CT molecular complexity index is 332. The minimum absolute atomic E-state index is 0.267. The molecule has 0 aliphatic rings. The Kier molecular flexibility index (Phi) is 6.85. The van der Waals surface area contributed by atoms with E-state index in [1.165, 1.54) is 5.69 Å². The van der Waals surface area contributed by atoms with E-state index in [0.29, 0.717) is 6.42 Å². The van der Waals surface area contributed by atoms with Gasteiger partial charge in [0.1, 0.15) is 0 Å². The Morgan fingerprint density at radius 1 is 1.06 bits per heavy atom. The van der Waals surface area contributed by atoms with Gasteiger partial charge in [-0.3, -0.25) is 0 Å². The van der Waals surface area contributed by atoms with E-state index < -0.39 is 0 Å². The summed E-state index contributed by atoms with van der Waals surface area (Å²) in [4.78, 5) is 2.24. The van der Waals surface area contributed by atoms with Crippen LogP contribution in [0.15, 0.2) is 30.3 Å². The van der Waals surface area contributed by atoms with Gasteiger partial charge in [-0.1, -0.05) is 18.2 Å². The van der Waals surface area contributed by atoms with Crippen molar-refractivity contribution in [3.05, 3.63) is 30.3 Å². The summed E-state index contributed by atoms with van der Waals surface area (Å²) < 4.78 is 0. The van der Waals surface area contributed by atoms with Crippen LogP contribution in [0.25, 0.3) is 0 Å². The molecular formula is C14H20N2O. The molecule has 3 nitrogen and oxygen atoms in total. The molecule has 0 amide bonds. The molecule has 0 aliphatic heterocycles. The third kappa shape index (κ3) is 5.37. The van der Waals surface area contributed by atoms with Gasteiger partial charge in [-0.15, -0.1) is 0 Å². The van der Waals surface area contributed by atoms with E-state index in [1.54, 1.807) is 0 Å². The van der Waals surface area contributed by atoms with Crippen molar-refractivity contribution in [2.45, 2.75) is 25.7 Å². The molecule has 0 unspecified atom stereocenters. The molecule has 0 radical (unpaired) electrons. The molecule has 0 aliphatic carbocycles. The number of benzene rings is 1. The van der Waals surface area contributed by atoms with Crippen LogP contribution in [0.5, 0.6) is 0 Å². The average molecular weight is 232 g/mol. The minimum atomic E-state index is 0.267. The van der Waals surface area contributed by atoms with E-state index in [9.17, 15) is 0 Å². The summed E-state index contributed by atoms with van der Waals surface area (Å²) in [6.45, 7) is 1.99. The molecule has 17 heavy (non-hydrogen) atoms. The Labute approximate surface area is 103 Å². The van der Waals surface area contributed by atoms with Crippen molar-refractivity contribution < 1.29 is 5.11 Å². The van der Waals surface area contributed by atoms with Gasteiger partial charge in [-0.2, -0.15) is 5.26 Å². The van der Waals surface area contributed by atoms with Crippen LogP contribution >= 0.6 is 0 Å². The fourth-order valence-electron chi connectivity index (χ4n) is 1.79. The summed E-state index contributed by atoms with van der Waals surface area (Å²) in [5.41, 5.74) is 1.17. The van der Waals surface area contributed by atoms with Gasteiger partial charge < -0.3 is 10.0 Å². The molecule has 0 saturated heterocycles. The normalized spacial score (nSPS) is 9.88. The number of rotatable bonds is 8. The van der Waals surface area contributed by atoms with Crippen LogP contribution in [-0.4, -0.2) is 24.8 Å². The number of aliphatic hydroxyl groups is 1. The van der Waals surface area contributed by atoms with Crippen LogP contribution in [0.1, 0.15) is 25.7 Å². The number of hydrogen-bond acceptors (Lipinski definition) is 3. The molecule has 1 aromatic carbocycles. The quantitative estimate of drug-likeness (QED) is 0.701. The number of nitrogens with zero attached hydrogens (tertiary/aromatic N) is 2. The maximum absolute atomic E-state index is 8.73. The van der Waals surface area contributed by atoms with Gasteiger partial charge in [0.25, 0.3) is 0 Å². The highest BCUT2D eigenvalue weighted by atomic mass is 16.2. The second-order valence-electron chi connectivity index (χ2n) is 4.01. The predicted molar refractivity (Wildman–Crippen MR) is 69.8 cm³/mol.